The van der Waals surface area contributed by atoms with Crippen LogP contribution in [0, 0.1) is 0 Å². The van der Waals surface area contributed by atoms with Crippen LogP contribution in [0.15, 0.2) is 24.3 Å². The summed E-state index contributed by atoms with van der Waals surface area (Å²) >= 11 is 0. The van der Waals surface area contributed by atoms with Crippen molar-refractivity contribution in [3.8, 4) is 5.75 Å². The molecule has 1 aromatic carbocycles. The van der Waals surface area contributed by atoms with Crippen molar-refractivity contribution in [1.82, 2.24) is 5.32 Å². The molecule has 1 aromatic rings. The highest BCUT2D eigenvalue weighted by molar-refractivity contribution is 5.36. The van der Waals surface area contributed by atoms with Gasteiger partial charge in [0, 0.05) is 11.6 Å². The average molecular weight is 221 g/mol. The van der Waals surface area contributed by atoms with Crippen LogP contribution in [0.25, 0.3) is 0 Å². The van der Waals surface area contributed by atoms with Gasteiger partial charge in [0.25, 0.3) is 0 Å². The van der Waals surface area contributed by atoms with Gasteiger partial charge < -0.3 is 15.2 Å². The van der Waals surface area contributed by atoms with E-state index < -0.39 is 0 Å². The molecule has 0 bridgehead atoms. The molecule has 2 unspecified atom stereocenters. The Kier molecular flexibility index (Phi) is 3.80. The first-order valence-electron chi connectivity index (χ1n) is 5.94. The van der Waals surface area contributed by atoms with Crippen molar-refractivity contribution in [2.45, 2.75) is 31.9 Å². The maximum absolute atomic E-state index is 9.68. The fourth-order valence-corrected chi connectivity index (χ4v) is 2.19. The lowest BCUT2D eigenvalue weighted by Gasteiger charge is -2.28. The quantitative estimate of drug-likeness (QED) is 0.818. The molecular formula is C13H19NO2. The number of piperidine rings is 1. The number of ether oxygens (including phenoxy) is 1. The van der Waals surface area contributed by atoms with E-state index in [1.807, 2.05) is 25.1 Å². The third-order valence-electron chi connectivity index (χ3n) is 2.97. The minimum absolute atomic E-state index is 0.194. The van der Waals surface area contributed by atoms with Crippen LogP contribution in [0.1, 0.15) is 31.4 Å². The molecule has 0 spiro atoms. The number of benzene rings is 1. The minimum atomic E-state index is -0.194. The highest BCUT2D eigenvalue weighted by Crippen LogP contribution is 2.30. The van der Waals surface area contributed by atoms with E-state index in [0.717, 1.165) is 30.7 Å². The molecule has 1 fully saturated rings. The zero-order chi connectivity index (χ0) is 11.4. The number of para-hydroxylation sites is 1. The fourth-order valence-electron chi connectivity index (χ4n) is 2.19. The molecule has 2 atom stereocenters. The van der Waals surface area contributed by atoms with Gasteiger partial charge in [-0.05, 0) is 32.4 Å². The van der Waals surface area contributed by atoms with Gasteiger partial charge in [-0.25, -0.2) is 0 Å². The second-order valence-corrected chi connectivity index (χ2v) is 4.16. The largest absolute Gasteiger partial charge is 0.494 e. The fraction of sp³-hybridized carbons (Fsp3) is 0.538. The predicted molar refractivity (Wildman–Crippen MR) is 63.6 cm³/mol. The molecule has 2 N–H and O–H groups in total. The number of rotatable bonds is 3. The first-order chi connectivity index (χ1) is 7.81. The molecule has 1 heterocycles. The summed E-state index contributed by atoms with van der Waals surface area (Å²) in [4.78, 5) is 0. The van der Waals surface area contributed by atoms with Crippen molar-refractivity contribution in [3.05, 3.63) is 29.8 Å². The van der Waals surface area contributed by atoms with E-state index in [4.69, 9.17) is 4.74 Å². The molecular weight excluding hydrogens is 202 g/mol. The molecule has 0 aromatic heterocycles. The Morgan fingerprint density at radius 3 is 3.00 bits per heavy atom. The second-order valence-electron chi connectivity index (χ2n) is 4.16. The second kappa shape index (κ2) is 5.32. The molecule has 0 saturated carbocycles. The first kappa shape index (κ1) is 11.4. The topological polar surface area (TPSA) is 41.5 Å². The third kappa shape index (κ3) is 2.54. The van der Waals surface area contributed by atoms with Crippen molar-refractivity contribution in [1.29, 1.82) is 0 Å². The molecule has 1 aliphatic rings. The molecule has 0 aliphatic carbocycles. The molecule has 2 rings (SSSR count). The summed E-state index contributed by atoms with van der Waals surface area (Å²) in [6, 6.07) is 8.27. The Hall–Kier alpha value is -1.06. The maximum Gasteiger partial charge on any atom is 0.124 e. The van der Waals surface area contributed by atoms with Gasteiger partial charge in [0.05, 0.1) is 12.7 Å². The van der Waals surface area contributed by atoms with Crippen LogP contribution < -0.4 is 10.1 Å². The SMILES string of the molecule is CCOc1ccccc1C1CC(O)CCN1. The number of aliphatic hydroxyl groups excluding tert-OH is 1. The lowest BCUT2D eigenvalue weighted by atomic mass is 9.95. The summed E-state index contributed by atoms with van der Waals surface area (Å²) in [6.45, 7) is 3.53. The van der Waals surface area contributed by atoms with E-state index in [1.165, 1.54) is 0 Å². The lowest BCUT2D eigenvalue weighted by Crippen LogP contribution is -2.34. The van der Waals surface area contributed by atoms with E-state index in [0.29, 0.717) is 6.61 Å². The molecule has 1 aliphatic heterocycles. The number of nitrogens with one attached hydrogen (secondary N) is 1. The highest BCUT2D eigenvalue weighted by Gasteiger charge is 2.23. The monoisotopic (exact) mass is 221 g/mol. The van der Waals surface area contributed by atoms with Crippen LogP contribution >= 0.6 is 0 Å². The number of aliphatic hydroxyl groups is 1. The zero-order valence-corrected chi connectivity index (χ0v) is 9.65. The molecule has 88 valence electrons. The Labute approximate surface area is 96.4 Å². The van der Waals surface area contributed by atoms with Crippen molar-refractivity contribution in [3.63, 3.8) is 0 Å². The average Bonchev–Trinajstić information content (AvgIpc) is 2.30. The molecule has 0 radical (unpaired) electrons. The van der Waals surface area contributed by atoms with E-state index in [-0.39, 0.29) is 12.1 Å². The van der Waals surface area contributed by atoms with E-state index in [1.54, 1.807) is 0 Å². The summed E-state index contributed by atoms with van der Waals surface area (Å²) in [5.74, 6) is 0.927. The van der Waals surface area contributed by atoms with Gasteiger partial charge in [0.2, 0.25) is 0 Å². The van der Waals surface area contributed by atoms with E-state index in [9.17, 15) is 5.11 Å². The number of hydrogen-bond acceptors (Lipinski definition) is 3. The standard InChI is InChI=1S/C13H19NO2/c1-2-16-13-6-4-3-5-11(13)12-9-10(15)7-8-14-12/h3-6,10,12,14-15H,2,7-9H2,1H3. The van der Waals surface area contributed by atoms with Crippen molar-refractivity contribution >= 4 is 0 Å². The van der Waals surface area contributed by atoms with Gasteiger partial charge in [-0.3, -0.25) is 0 Å². The van der Waals surface area contributed by atoms with Crippen molar-refractivity contribution in [2.24, 2.45) is 0 Å². The maximum atomic E-state index is 9.68. The summed E-state index contributed by atoms with van der Waals surface area (Å²) in [6.07, 6.45) is 1.41. The Morgan fingerprint density at radius 2 is 2.25 bits per heavy atom. The molecule has 16 heavy (non-hydrogen) atoms. The van der Waals surface area contributed by atoms with Crippen molar-refractivity contribution < 1.29 is 9.84 Å². The highest BCUT2D eigenvalue weighted by atomic mass is 16.5. The summed E-state index contributed by atoms with van der Waals surface area (Å²) in [5.41, 5.74) is 1.16. The Morgan fingerprint density at radius 1 is 1.44 bits per heavy atom. The van der Waals surface area contributed by atoms with Crippen LogP contribution in [0.5, 0.6) is 5.75 Å². The van der Waals surface area contributed by atoms with Crippen LogP contribution in [-0.4, -0.2) is 24.4 Å². The third-order valence-corrected chi connectivity index (χ3v) is 2.97. The molecule has 3 heteroatoms. The van der Waals surface area contributed by atoms with Crippen LogP contribution in [0.3, 0.4) is 0 Å². The van der Waals surface area contributed by atoms with Gasteiger partial charge in [0.1, 0.15) is 5.75 Å². The van der Waals surface area contributed by atoms with Gasteiger partial charge in [-0.2, -0.15) is 0 Å². The van der Waals surface area contributed by atoms with Crippen LogP contribution in [0.4, 0.5) is 0 Å². The van der Waals surface area contributed by atoms with E-state index in [2.05, 4.69) is 11.4 Å². The minimum Gasteiger partial charge on any atom is -0.494 e. The van der Waals surface area contributed by atoms with Crippen molar-refractivity contribution in [2.75, 3.05) is 13.2 Å². The van der Waals surface area contributed by atoms with Crippen LogP contribution in [0.2, 0.25) is 0 Å². The normalized spacial score (nSPS) is 25.4. The molecule has 1 saturated heterocycles. The van der Waals surface area contributed by atoms with Gasteiger partial charge in [-0.15, -0.1) is 0 Å². The van der Waals surface area contributed by atoms with Gasteiger partial charge in [0.15, 0.2) is 0 Å². The predicted octanol–water partition coefficient (Wildman–Crippen LogP) is 1.87. The summed E-state index contributed by atoms with van der Waals surface area (Å²) < 4.78 is 5.60. The van der Waals surface area contributed by atoms with Gasteiger partial charge in [-0.1, -0.05) is 18.2 Å². The number of hydrogen-bond donors (Lipinski definition) is 2. The lowest BCUT2D eigenvalue weighted by molar-refractivity contribution is 0.116. The first-order valence-corrected chi connectivity index (χ1v) is 5.94. The van der Waals surface area contributed by atoms with Crippen LogP contribution in [-0.2, 0) is 0 Å². The molecule has 3 nitrogen and oxygen atoms in total. The van der Waals surface area contributed by atoms with E-state index >= 15 is 0 Å². The Balaban J connectivity index is 2.17. The zero-order valence-electron chi connectivity index (χ0n) is 9.65. The summed E-state index contributed by atoms with van der Waals surface area (Å²) in [7, 11) is 0. The molecule has 0 amide bonds. The summed E-state index contributed by atoms with van der Waals surface area (Å²) in [5, 5.41) is 13.1. The Bertz CT molecular complexity index is 340. The smallest absolute Gasteiger partial charge is 0.124 e. The van der Waals surface area contributed by atoms with Gasteiger partial charge >= 0.3 is 0 Å².